The Hall–Kier alpha value is -1.16. The summed E-state index contributed by atoms with van der Waals surface area (Å²) in [5.41, 5.74) is 1.14. The summed E-state index contributed by atoms with van der Waals surface area (Å²) in [7, 11) is 0. The van der Waals surface area contributed by atoms with E-state index in [2.05, 4.69) is 37.1 Å². The molecule has 1 aliphatic heterocycles. The van der Waals surface area contributed by atoms with E-state index in [1.54, 1.807) is 0 Å². The third kappa shape index (κ3) is 4.75. The molecule has 1 saturated heterocycles. The minimum atomic E-state index is 0.309. The van der Waals surface area contributed by atoms with Crippen LogP contribution in [0.1, 0.15) is 51.6 Å². The van der Waals surface area contributed by atoms with Crippen molar-refractivity contribution in [2.75, 3.05) is 18.5 Å². The number of anilines is 1. The zero-order valence-electron chi connectivity index (χ0n) is 13.0. The molecule has 1 aliphatic rings. The van der Waals surface area contributed by atoms with Crippen molar-refractivity contribution in [2.24, 2.45) is 5.92 Å². The number of aromatic nitrogens is 2. The van der Waals surface area contributed by atoms with Crippen molar-refractivity contribution < 1.29 is 4.74 Å². The van der Waals surface area contributed by atoms with E-state index in [-0.39, 0.29) is 0 Å². The van der Waals surface area contributed by atoms with Crippen molar-refractivity contribution in [1.29, 1.82) is 0 Å². The molecule has 112 valence electrons. The van der Waals surface area contributed by atoms with Crippen LogP contribution in [0.25, 0.3) is 0 Å². The van der Waals surface area contributed by atoms with E-state index in [1.165, 1.54) is 0 Å². The summed E-state index contributed by atoms with van der Waals surface area (Å²) in [5.74, 6) is 2.50. The van der Waals surface area contributed by atoms with Gasteiger partial charge in [0.2, 0.25) is 0 Å². The van der Waals surface area contributed by atoms with Gasteiger partial charge in [0.25, 0.3) is 0 Å². The van der Waals surface area contributed by atoms with Crippen LogP contribution in [0.5, 0.6) is 0 Å². The van der Waals surface area contributed by atoms with Crippen LogP contribution < -0.4 is 5.32 Å². The highest BCUT2D eigenvalue weighted by Gasteiger charge is 2.18. The first-order valence-corrected chi connectivity index (χ1v) is 7.89. The molecule has 20 heavy (non-hydrogen) atoms. The van der Waals surface area contributed by atoms with Crippen molar-refractivity contribution in [3.8, 4) is 0 Å². The normalized spacial score (nSPS) is 18.7. The van der Waals surface area contributed by atoms with Crippen LogP contribution in [0, 0.1) is 5.92 Å². The third-order valence-electron chi connectivity index (χ3n) is 3.43. The highest BCUT2D eigenvalue weighted by molar-refractivity contribution is 5.36. The van der Waals surface area contributed by atoms with Gasteiger partial charge in [-0.25, -0.2) is 9.97 Å². The lowest BCUT2D eigenvalue weighted by molar-refractivity contribution is 0.110. The number of hydrogen-bond acceptors (Lipinski definition) is 4. The van der Waals surface area contributed by atoms with Gasteiger partial charge in [0, 0.05) is 31.3 Å². The standard InChI is InChI=1S/C16H27N3O/c1-4-7-17-15-10-13(9-12(2)3)18-16(19-15)11-14-6-5-8-20-14/h10,12,14H,4-9,11H2,1-3H3,(H,17,18,19). The smallest absolute Gasteiger partial charge is 0.133 e. The topological polar surface area (TPSA) is 47.0 Å². The molecular weight excluding hydrogens is 250 g/mol. The summed E-state index contributed by atoms with van der Waals surface area (Å²) in [6, 6.07) is 2.09. The summed E-state index contributed by atoms with van der Waals surface area (Å²) in [6.45, 7) is 8.45. The van der Waals surface area contributed by atoms with Gasteiger partial charge in [0.15, 0.2) is 0 Å². The summed E-state index contributed by atoms with van der Waals surface area (Å²) in [4.78, 5) is 9.35. The van der Waals surface area contributed by atoms with E-state index in [4.69, 9.17) is 9.72 Å². The lowest BCUT2D eigenvalue weighted by Gasteiger charge is -2.13. The van der Waals surface area contributed by atoms with E-state index in [0.29, 0.717) is 12.0 Å². The van der Waals surface area contributed by atoms with Gasteiger partial charge in [-0.3, -0.25) is 0 Å². The molecule has 2 rings (SSSR count). The summed E-state index contributed by atoms with van der Waals surface area (Å²) in [6.07, 6.45) is 5.55. The maximum Gasteiger partial charge on any atom is 0.133 e. The quantitative estimate of drug-likeness (QED) is 0.831. The van der Waals surface area contributed by atoms with Gasteiger partial charge in [-0.05, 0) is 31.6 Å². The molecule has 4 nitrogen and oxygen atoms in total. The minimum Gasteiger partial charge on any atom is -0.378 e. The number of rotatable bonds is 7. The molecule has 1 N–H and O–H groups in total. The molecular formula is C16H27N3O. The minimum absolute atomic E-state index is 0.309. The van der Waals surface area contributed by atoms with Crippen LogP contribution in [-0.2, 0) is 17.6 Å². The first-order chi connectivity index (χ1) is 9.67. The first-order valence-electron chi connectivity index (χ1n) is 7.89. The average Bonchev–Trinajstić information content (AvgIpc) is 2.88. The van der Waals surface area contributed by atoms with Gasteiger partial charge < -0.3 is 10.1 Å². The Bertz CT molecular complexity index is 414. The molecule has 0 spiro atoms. The van der Waals surface area contributed by atoms with Gasteiger partial charge in [0.1, 0.15) is 11.6 Å². The molecule has 0 saturated carbocycles. The SMILES string of the molecule is CCCNc1cc(CC(C)C)nc(CC2CCCO2)n1. The van der Waals surface area contributed by atoms with E-state index in [1.807, 2.05) is 0 Å². The predicted octanol–water partition coefficient (Wildman–Crippen LogP) is 3.22. The van der Waals surface area contributed by atoms with Crippen LogP contribution in [0.2, 0.25) is 0 Å². The van der Waals surface area contributed by atoms with Crippen molar-refractivity contribution in [3.63, 3.8) is 0 Å². The first kappa shape index (κ1) is 15.2. The number of ether oxygens (including phenoxy) is 1. The van der Waals surface area contributed by atoms with E-state index in [0.717, 1.165) is 62.6 Å². The highest BCUT2D eigenvalue weighted by Crippen LogP contribution is 2.18. The maximum atomic E-state index is 5.70. The summed E-state index contributed by atoms with van der Waals surface area (Å²) < 4.78 is 5.70. The van der Waals surface area contributed by atoms with Crippen LogP contribution in [0.4, 0.5) is 5.82 Å². The van der Waals surface area contributed by atoms with Gasteiger partial charge in [-0.15, -0.1) is 0 Å². The van der Waals surface area contributed by atoms with E-state index < -0.39 is 0 Å². The second-order valence-electron chi connectivity index (χ2n) is 6.02. The van der Waals surface area contributed by atoms with Crippen molar-refractivity contribution >= 4 is 5.82 Å². The molecule has 0 radical (unpaired) electrons. The lowest BCUT2D eigenvalue weighted by atomic mass is 10.1. The fraction of sp³-hybridized carbons (Fsp3) is 0.750. The molecule has 4 heteroatoms. The number of nitrogens with zero attached hydrogens (tertiary/aromatic N) is 2. The summed E-state index contributed by atoms with van der Waals surface area (Å²) >= 11 is 0. The van der Waals surface area contributed by atoms with Gasteiger partial charge in [-0.1, -0.05) is 20.8 Å². The van der Waals surface area contributed by atoms with E-state index >= 15 is 0 Å². The second kappa shape index (κ2) is 7.58. The molecule has 0 aliphatic carbocycles. The Morgan fingerprint density at radius 2 is 2.25 bits per heavy atom. The molecule has 1 aromatic rings. The molecule has 0 amide bonds. The largest absolute Gasteiger partial charge is 0.378 e. The molecule has 1 unspecified atom stereocenters. The monoisotopic (exact) mass is 277 g/mol. The van der Waals surface area contributed by atoms with Crippen LogP contribution in [0.3, 0.4) is 0 Å². The fourth-order valence-corrected chi connectivity index (χ4v) is 2.52. The van der Waals surface area contributed by atoms with Crippen molar-refractivity contribution in [2.45, 2.75) is 59.0 Å². The second-order valence-corrected chi connectivity index (χ2v) is 6.02. The number of nitrogens with one attached hydrogen (secondary N) is 1. The Labute approximate surface area is 122 Å². The molecule has 0 bridgehead atoms. The Kier molecular flexibility index (Phi) is 5.77. The predicted molar refractivity (Wildman–Crippen MR) is 82.0 cm³/mol. The molecule has 0 aromatic carbocycles. The Morgan fingerprint density at radius 1 is 1.40 bits per heavy atom. The van der Waals surface area contributed by atoms with Gasteiger partial charge in [0.05, 0.1) is 6.10 Å². The zero-order valence-corrected chi connectivity index (χ0v) is 13.0. The van der Waals surface area contributed by atoms with Crippen LogP contribution in [0.15, 0.2) is 6.07 Å². The molecule has 1 atom stereocenters. The van der Waals surface area contributed by atoms with E-state index in [9.17, 15) is 0 Å². The maximum absolute atomic E-state index is 5.70. The van der Waals surface area contributed by atoms with Gasteiger partial charge >= 0.3 is 0 Å². The summed E-state index contributed by atoms with van der Waals surface area (Å²) in [5, 5.41) is 3.38. The Morgan fingerprint density at radius 3 is 2.90 bits per heavy atom. The average molecular weight is 277 g/mol. The van der Waals surface area contributed by atoms with Crippen LogP contribution >= 0.6 is 0 Å². The lowest BCUT2D eigenvalue weighted by Crippen LogP contribution is -2.14. The molecule has 1 aromatic heterocycles. The highest BCUT2D eigenvalue weighted by atomic mass is 16.5. The zero-order chi connectivity index (χ0) is 14.4. The number of hydrogen-bond donors (Lipinski definition) is 1. The van der Waals surface area contributed by atoms with Crippen LogP contribution in [-0.4, -0.2) is 29.2 Å². The Balaban J connectivity index is 2.10. The van der Waals surface area contributed by atoms with Crippen molar-refractivity contribution in [1.82, 2.24) is 9.97 Å². The molecule has 2 heterocycles. The fourth-order valence-electron chi connectivity index (χ4n) is 2.52. The third-order valence-corrected chi connectivity index (χ3v) is 3.43. The van der Waals surface area contributed by atoms with Gasteiger partial charge in [-0.2, -0.15) is 0 Å². The van der Waals surface area contributed by atoms with Crippen molar-refractivity contribution in [3.05, 3.63) is 17.6 Å². The molecule has 1 fully saturated rings.